The highest BCUT2D eigenvalue weighted by Crippen LogP contribution is 2.21. The summed E-state index contributed by atoms with van der Waals surface area (Å²) in [6.07, 6.45) is 5.12. The van der Waals surface area contributed by atoms with E-state index in [-0.39, 0.29) is 24.7 Å². The first-order valence-electron chi connectivity index (χ1n) is 5.76. The molecule has 0 spiro atoms. The van der Waals surface area contributed by atoms with Crippen LogP contribution >= 0.6 is 11.8 Å². The highest BCUT2D eigenvalue weighted by molar-refractivity contribution is 8.00. The van der Waals surface area contributed by atoms with E-state index >= 15 is 0 Å². The number of terminal acetylenes is 1. The topological polar surface area (TPSA) is 66.8 Å². The molecule has 0 aromatic heterocycles. The smallest absolute Gasteiger partial charge is 0.323 e. The summed E-state index contributed by atoms with van der Waals surface area (Å²) in [6.45, 7) is -0.388. The van der Waals surface area contributed by atoms with Gasteiger partial charge in [0.05, 0.1) is 19.4 Å². The van der Waals surface area contributed by atoms with Crippen molar-refractivity contribution in [3.05, 3.63) is 24.3 Å². The number of ether oxygens (including phenoxy) is 1. The highest BCUT2D eigenvalue weighted by Gasteiger charge is 2.15. The third-order valence-electron chi connectivity index (χ3n) is 2.38. The molecule has 0 aliphatic rings. The minimum absolute atomic E-state index is 0.00565. The normalized spacial score (nSPS) is 9.60. The predicted molar refractivity (Wildman–Crippen MR) is 76.8 cm³/mol. The second kappa shape index (κ2) is 8.12. The Kier molecular flexibility index (Phi) is 6.47. The van der Waals surface area contributed by atoms with Crippen molar-refractivity contribution >= 4 is 23.6 Å². The number of benzene rings is 1. The summed E-state index contributed by atoms with van der Waals surface area (Å²) in [5, 5.41) is 8.72. The number of hydrogen-bond donors (Lipinski definition) is 1. The zero-order valence-electron chi connectivity index (χ0n) is 11.0. The summed E-state index contributed by atoms with van der Waals surface area (Å²) in [6, 6.07) is 7.26. The van der Waals surface area contributed by atoms with E-state index in [0.29, 0.717) is 0 Å². The first kappa shape index (κ1) is 15.9. The number of amides is 1. The second-order valence-electron chi connectivity index (χ2n) is 3.81. The van der Waals surface area contributed by atoms with Gasteiger partial charge in [-0.1, -0.05) is 5.92 Å². The van der Waals surface area contributed by atoms with Crippen molar-refractivity contribution in [1.82, 2.24) is 4.90 Å². The number of carboxylic acid groups (broad SMARTS) is 1. The number of thioether (sulfide) groups is 1. The third kappa shape index (κ3) is 5.24. The van der Waals surface area contributed by atoms with Gasteiger partial charge in [0.1, 0.15) is 12.3 Å². The standard InChI is InChI=1S/C14H15NO4S/c1-3-8-15(9-14(17)18)13(16)10-20-12-6-4-11(19-2)5-7-12/h1,4-7H,8-10H2,2H3,(H,17,18). The Morgan fingerprint density at radius 1 is 1.40 bits per heavy atom. The monoisotopic (exact) mass is 293 g/mol. The van der Waals surface area contributed by atoms with E-state index in [9.17, 15) is 9.59 Å². The average molecular weight is 293 g/mol. The molecule has 0 heterocycles. The molecule has 1 N–H and O–H groups in total. The molecule has 0 aliphatic carbocycles. The SMILES string of the molecule is C#CCN(CC(=O)O)C(=O)CSc1ccc(OC)cc1. The van der Waals surface area contributed by atoms with Gasteiger partial charge in [0, 0.05) is 4.90 Å². The lowest BCUT2D eigenvalue weighted by Gasteiger charge is -2.17. The van der Waals surface area contributed by atoms with Gasteiger partial charge in [0.25, 0.3) is 0 Å². The third-order valence-corrected chi connectivity index (χ3v) is 3.38. The lowest BCUT2D eigenvalue weighted by Crippen LogP contribution is -2.37. The van der Waals surface area contributed by atoms with Crippen molar-refractivity contribution in [2.75, 3.05) is 26.0 Å². The molecule has 1 aromatic carbocycles. The van der Waals surface area contributed by atoms with Crippen LogP contribution in [0, 0.1) is 12.3 Å². The first-order chi connectivity index (χ1) is 9.56. The number of rotatable bonds is 7. The lowest BCUT2D eigenvalue weighted by molar-refractivity contribution is -0.143. The van der Waals surface area contributed by atoms with Crippen molar-refractivity contribution < 1.29 is 19.4 Å². The zero-order valence-corrected chi connectivity index (χ0v) is 11.9. The number of aliphatic carboxylic acids is 1. The quantitative estimate of drug-likeness (QED) is 0.607. The molecule has 5 nitrogen and oxygen atoms in total. The van der Waals surface area contributed by atoms with Gasteiger partial charge in [0.15, 0.2) is 0 Å². The Labute approximate surface area is 121 Å². The van der Waals surface area contributed by atoms with Crippen molar-refractivity contribution in [2.24, 2.45) is 0 Å². The Hall–Kier alpha value is -2.13. The van der Waals surface area contributed by atoms with Gasteiger partial charge < -0.3 is 14.7 Å². The minimum Gasteiger partial charge on any atom is -0.497 e. The molecule has 0 bridgehead atoms. The van der Waals surface area contributed by atoms with E-state index in [0.717, 1.165) is 15.5 Å². The van der Waals surface area contributed by atoms with Crippen LogP contribution < -0.4 is 4.74 Å². The van der Waals surface area contributed by atoms with Gasteiger partial charge in [-0.25, -0.2) is 0 Å². The maximum absolute atomic E-state index is 11.9. The van der Waals surface area contributed by atoms with Crippen molar-refractivity contribution in [2.45, 2.75) is 4.90 Å². The molecule has 0 atom stereocenters. The van der Waals surface area contributed by atoms with Gasteiger partial charge >= 0.3 is 5.97 Å². The molecular formula is C14H15NO4S. The Morgan fingerprint density at radius 3 is 2.55 bits per heavy atom. The number of carbonyl (C=O) groups is 2. The molecule has 20 heavy (non-hydrogen) atoms. The van der Waals surface area contributed by atoms with Crippen molar-refractivity contribution in [3.63, 3.8) is 0 Å². The van der Waals surface area contributed by atoms with Crippen LogP contribution in [0.5, 0.6) is 5.75 Å². The fourth-order valence-electron chi connectivity index (χ4n) is 1.41. The van der Waals surface area contributed by atoms with Crippen LogP contribution in [-0.2, 0) is 9.59 Å². The molecule has 1 aromatic rings. The first-order valence-corrected chi connectivity index (χ1v) is 6.75. The molecule has 0 saturated heterocycles. The Balaban J connectivity index is 2.55. The predicted octanol–water partition coefficient (Wildman–Crippen LogP) is 1.33. The molecule has 0 aliphatic heterocycles. The molecular weight excluding hydrogens is 278 g/mol. The molecule has 0 saturated carbocycles. The largest absolute Gasteiger partial charge is 0.497 e. The Morgan fingerprint density at radius 2 is 2.05 bits per heavy atom. The van der Waals surface area contributed by atoms with Crippen molar-refractivity contribution in [3.8, 4) is 18.1 Å². The number of methoxy groups -OCH3 is 1. The summed E-state index contributed by atoms with van der Waals surface area (Å²) < 4.78 is 5.04. The fraction of sp³-hybridized carbons (Fsp3) is 0.286. The van der Waals surface area contributed by atoms with Crippen LogP contribution in [0.4, 0.5) is 0 Å². The van der Waals surface area contributed by atoms with Gasteiger partial charge in [-0.05, 0) is 24.3 Å². The van der Waals surface area contributed by atoms with Gasteiger partial charge in [-0.2, -0.15) is 0 Å². The second-order valence-corrected chi connectivity index (χ2v) is 4.86. The van der Waals surface area contributed by atoms with E-state index in [1.54, 1.807) is 19.2 Å². The van der Waals surface area contributed by atoms with E-state index in [2.05, 4.69) is 5.92 Å². The van der Waals surface area contributed by atoms with Crippen LogP contribution in [0.25, 0.3) is 0 Å². The van der Waals surface area contributed by atoms with Crippen LogP contribution in [0.2, 0.25) is 0 Å². The molecule has 0 radical (unpaired) electrons. The van der Waals surface area contributed by atoms with Crippen LogP contribution in [0.3, 0.4) is 0 Å². The van der Waals surface area contributed by atoms with E-state index in [1.165, 1.54) is 11.8 Å². The number of nitrogens with zero attached hydrogens (tertiary/aromatic N) is 1. The number of carboxylic acids is 1. The van der Waals surface area contributed by atoms with E-state index < -0.39 is 5.97 Å². The van der Waals surface area contributed by atoms with Gasteiger partial charge in [-0.15, -0.1) is 18.2 Å². The number of carbonyl (C=O) groups excluding carboxylic acids is 1. The highest BCUT2D eigenvalue weighted by atomic mass is 32.2. The molecule has 6 heteroatoms. The number of hydrogen-bond acceptors (Lipinski definition) is 4. The van der Waals surface area contributed by atoms with Gasteiger partial charge in [-0.3, -0.25) is 9.59 Å². The maximum atomic E-state index is 11.9. The maximum Gasteiger partial charge on any atom is 0.323 e. The summed E-state index contributed by atoms with van der Waals surface area (Å²) in [5.74, 6) is 1.78. The summed E-state index contributed by atoms with van der Waals surface area (Å²) in [4.78, 5) is 24.6. The van der Waals surface area contributed by atoms with Crippen molar-refractivity contribution in [1.29, 1.82) is 0 Å². The lowest BCUT2D eigenvalue weighted by atomic mass is 10.3. The average Bonchev–Trinajstić information content (AvgIpc) is 2.44. The Bertz CT molecular complexity index is 507. The van der Waals surface area contributed by atoms with Gasteiger partial charge in [0.2, 0.25) is 5.91 Å². The van der Waals surface area contributed by atoms with Crippen LogP contribution in [0.15, 0.2) is 29.2 Å². The van der Waals surface area contributed by atoms with E-state index in [4.69, 9.17) is 16.3 Å². The molecule has 0 unspecified atom stereocenters. The molecule has 0 fully saturated rings. The zero-order chi connectivity index (χ0) is 15.0. The van der Waals surface area contributed by atoms with E-state index in [1.807, 2.05) is 12.1 Å². The van der Waals surface area contributed by atoms with Crippen LogP contribution in [-0.4, -0.2) is 47.8 Å². The minimum atomic E-state index is -1.08. The fourth-order valence-corrected chi connectivity index (χ4v) is 2.22. The molecule has 1 rings (SSSR count). The molecule has 1 amide bonds. The van der Waals surface area contributed by atoms with Crippen LogP contribution in [0.1, 0.15) is 0 Å². The summed E-state index contributed by atoms with van der Waals surface area (Å²) >= 11 is 1.32. The summed E-state index contributed by atoms with van der Waals surface area (Å²) in [5.41, 5.74) is 0. The molecule has 106 valence electrons. The summed E-state index contributed by atoms with van der Waals surface area (Å²) in [7, 11) is 1.58.